The third-order valence-electron chi connectivity index (χ3n) is 2.86. The van der Waals surface area contributed by atoms with Gasteiger partial charge in [-0.15, -0.1) is 0 Å². The van der Waals surface area contributed by atoms with Gasteiger partial charge >= 0.3 is 0 Å². The molecule has 0 radical (unpaired) electrons. The Bertz CT molecular complexity index is 593. The molecule has 1 N–H and O–H groups in total. The van der Waals surface area contributed by atoms with Crippen LogP contribution in [0.25, 0.3) is 0 Å². The maximum Gasteiger partial charge on any atom is 0.146 e. The standard InChI is InChI=1S/C14H12F4N2/c1-2-20-14(9-3-4-19-7-12(9)18)13-10(16)5-8(15)6-11(13)17/h3-7,14,20H,2H2,1H3. The molecule has 0 saturated carbocycles. The highest BCUT2D eigenvalue weighted by atomic mass is 19.1. The van der Waals surface area contributed by atoms with Gasteiger partial charge in [-0.1, -0.05) is 6.92 Å². The highest BCUT2D eigenvalue weighted by Crippen LogP contribution is 2.28. The summed E-state index contributed by atoms with van der Waals surface area (Å²) < 4.78 is 54.4. The van der Waals surface area contributed by atoms with Gasteiger partial charge in [0.2, 0.25) is 0 Å². The summed E-state index contributed by atoms with van der Waals surface area (Å²) in [6, 6.07) is 1.41. The summed E-state index contributed by atoms with van der Waals surface area (Å²) in [4.78, 5) is 3.59. The molecule has 1 aromatic carbocycles. The first-order valence-electron chi connectivity index (χ1n) is 6.01. The number of pyridine rings is 1. The van der Waals surface area contributed by atoms with E-state index in [-0.39, 0.29) is 5.56 Å². The summed E-state index contributed by atoms with van der Waals surface area (Å²) in [6.45, 7) is 2.06. The van der Waals surface area contributed by atoms with Crippen LogP contribution in [0.15, 0.2) is 30.6 Å². The minimum atomic E-state index is -1.07. The predicted molar refractivity (Wildman–Crippen MR) is 66.0 cm³/mol. The second-order valence-electron chi connectivity index (χ2n) is 4.17. The molecule has 0 fully saturated rings. The molecule has 2 rings (SSSR count). The van der Waals surface area contributed by atoms with Crippen molar-refractivity contribution < 1.29 is 17.6 Å². The molecule has 1 atom stereocenters. The lowest BCUT2D eigenvalue weighted by Gasteiger charge is -2.20. The number of benzene rings is 1. The Balaban J connectivity index is 2.58. The highest BCUT2D eigenvalue weighted by molar-refractivity contribution is 5.33. The number of rotatable bonds is 4. The van der Waals surface area contributed by atoms with Crippen LogP contribution in [-0.2, 0) is 0 Å². The van der Waals surface area contributed by atoms with Crippen LogP contribution in [0.3, 0.4) is 0 Å². The molecule has 0 aliphatic heterocycles. The fourth-order valence-electron chi connectivity index (χ4n) is 2.02. The van der Waals surface area contributed by atoms with Gasteiger partial charge in [0.25, 0.3) is 0 Å². The lowest BCUT2D eigenvalue weighted by Crippen LogP contribution is -2.25. The van der Waals surface area contributed by atoms with Crippen LogP contribution in [0, 0.1) is 23.3 Å². The summed E-state index contributed by atoms with van der Waals surface area (Å²) in [6.07, 6.45) is 2.28. The Labute approximate surface area is 113 Å². The van der Waals surface area contributed by atoms with E-state index in [9.17, 15) is 17.6 Å². The number of hydrogen-bond acceptors (Lipinski definition) is 2. The normalized spacial score (nSPS) is 12.4. The zero-order valence-corrected chi connectivity index (χ0v) is 10.6. The fraction of sp³-hybridized carbons (Fsp3) is 0.214. The molecule has 0 aliphatic rings. The van der Waals surface area contributed by atoms with Gasteiger partial charge in [0, 0.05) is 29.5 Å². The number of nitrogens with one attached hydrogen (secondary N) is 1. The van der Waals surface area contributed by atoms with Crippen molar-refractivity contribution in [2.24, 2.45) is 0 Å². The molecule has 2 nitrogen and oxygen atoms in total. The SMILES string of the molecule is CCNC(c1ccncc1F)c1c(F)cc(F)cc1F. The third-order valence-corrected chi connectivity index (χ3v) is 2.86. The van der Waals surface area contributed by atoms with E-state index >= 15 is 0 Å². The minimum Gasteiger partial charge on any atom is -0.306 e. The van der Waals surface area contributed by atoms with E-state index in [1.165, 1.54) is 12.3 Å². The zero-order valence-electron chi connectivity index (χ0n) is 10.6. The molecule has 1 aromatic heterocycles. The molecular weight excluding hydrogens is 272 g/mol. The summed E-state index contributed by atoms with van der Waals surface area (Å²) in [5.41, 5.74) is -0.371. The largest absolute Gasteiger partial charge is 0.306 e. The number of halogens is 4. The van der Waals surface area contributed by atoms with Crippen LogP contribution < -0.4 is 5.32 Å². The van der Waals surface area contributed by atoms with Crippen LogP contribution >= 0.6 is 0 Å². The first-order valence-corrected chi connectivity index (χ1v) is 6.01. The van der Waals surface area contributed by atoms with Gasteiger partial charge in [-0.3, -0.25) is 4.98 Å². The second-order valence-corrected chi connectivity index (χ2v) is 4.17. The van der Waals surface area contributed by atoms with Gasteiger partial charge in [0.15, 0.2) is 0 Å². The van der Waals surface area contributed by atoms with Crippen molar-refractivity contribution in [1.82, 2.24) is 10.3 Å². The average molecular weight is 284 g/mol. The monoisotopic (exact) mass is 284 g/mol. The molecule has 1 heterocycles. The molecule has 1 unspecified atom stereocenters. The molecule has 20 heavy (non-hydrogen) atoms. The topological polar surface area (TPSA) is 24.9 Å². The van der Waals surface area contributed by atoms with E-state index in [1.807, 2.05) is 0 Å². The van der Waals surface area contributed by atoms with Crippen LogP contribution in [-0.4, -0.2) is 11.5 Å². The Kier molecular flexibility index (Phi) is 4.34. The van der Waals surface area contributed by atoms with Gasteiger partial charge < -0.3 is 5.32 Å². The van der Waals surface area contributed by atoms with Crippen molar-refractivity contribution in [2.45, 2.75) is 13.0 Å². The van der Waals surface area contributed by atoms with E-state index in [1.54, 1.807) is 6.92 Å². The summed E-state index contributed by atoms with van der Waals surface area (Å²) in [5.74, 6) is -3.84. The smallest absolute Gasteiger partial charge is 0.146 e. The predicted octanol–water partition coefficient (Wildman–Crippen LogP) is 3.34. The molecule has 0 saturated heterocycles. The molecule has 0 bridgehead atoms. The van der Waals surface area contributed by atoms with E-state index in [0.29, 0.717) is 18.7 Å². The molecule has 0 aliphatic carbocycles. The third kappa shape index (κ3) is 2.80. The van der Waals surface area contributed by atoms with Crippen LogP contribution in [0.5, 0.6) is 0 Å². The summed E-state index contributed by atoms with van der Waals surface area (Å²) in [7, 11) is 0. The quantitative estimate of drug-likeness (QED) is 0.871. The lowest BCUT2D eigenvalue weighted by atomic mass is 9.98. The van der Waals surface area contributed by atoms with Crippen molar-refractivity contribution >= 4 is 0 Å². The maximum absolute atomic E-state index is 13.8. The highest BCUT2D eigenvalue weighted by Gasteiger charge is 2.24. The van der Waals surface area contributed by atoms with Crippen LogP contribution in [0.1, 0.15) is 24.1 Å². The summed E-state index contributed by atoms with van der Waals surface area (Å²) >= 11 is 0. The van der Waals surface area contributed by atoms with E-state index in [4.69, 9.17) is 0 Å². The minimum absolute atomic E-state index is 0.0475. The van der Waals surface area contributed by atoms with Crippen LogP contribution in [0.4, 0.5) is 17.6 Å². The van der Waals surface area contributed by atoms with E-state index in [0.717, 1.165) is 6.20 Å². The van der Waals surface area contributed by atoms with Crippen LogP contribution in [0.2, 0.25) is 0 Å². The number of aromatic nitrogens is 1. The van der Waals surface area contributed by atoms with Crippen molar-refractivity contribution in [3.05, 3.63) is 65.0 Å². The van der Waals surface area contributed by atoms with Gasteiger partial charge in [-0.25, -0.2) is 17.6 Å². The number of hydrogen-bond donors (Lipinski definition) is 1. The molecule has 106 valence electrons. The zero-order chi connectivity index (χ0) is 14.7. The lowest BCUT2D eigenvalue weighted by molar-refractivity contribution is 0.481. The van der Waals surface area contributed by atoms with E-state index in [2.05, 4.69) is 10.3 Å². The Morgan fingerprint density at radius 3 is 2.30 bits per heavy atom. The Morgan fingerprint density at radius 1 is 1.10 bits per heavy atom. The van der Waals surface area contributed by atoms with Gasteiger partial charge in [-0.2, -0.15) is 0 Å². The van der Waals surface area contributed by atoms with E-state index < -0.39 is 34.9 Å². The first kappa shape index (κ1) is 14.5. The molecule has 6 heteroatoms. The van der Waals surface area contributed by atoms with Crippen molar-refractivity contribution in [2.75, 3.05) is 6.54 Å². The molecule has 0 amide bonds. The van der Waals surface area contributed by atoms with Gasteiger partial charge in [0.1, 0.15) is 23.3 Å². The van der Waals surface area contributed by atoms with Crippen molar-refractivity contribution in [3.63, 3.8) is 0 Å². The Morgan fingerprint density at radius 2 is 1.75 bits per heavy atom. The fourth-order valence-corrected chi connectivity index (χ4v) is 2.02. The number of nitrogens with zero attached hydrogens (tertiary/aromatic N) is 1. The second kappa shape index (κ2) is 6.00. The molecule has 0 spiro atoms. The summed E-state index contributed by atoms with van der Waals surface area (Å²) in [5, 5.41) is 2.79. The van der Waals surface area contributed by atoms with Crippen molar-refractivity contribution in [1.29, 1.82) is 0 Å². The first-order chi connectivity index (χ1) is 9.54. The van der Waals surface area contributed by atoms with Gasteiger partial charge in [-0.05, 0) is 12.6 Å². The van der Waals surface area contributed by atoms with Crippen molar-refractivity contribution in [3.8, 4) is 0 Å². The maximum atomic E-state index is 13.8. The Hall–Kier alpha value is -1.95. The molecule has 2 aromatic rings. The average Bonchev–Trinajstić information content (AvgIpc) is 2.37. The molecular formula is C14H12F4N2. The van der Waals surface area contributed by atoms with Gasteiger partial charge in [0.05, 0.1) is 12.2 Å².